The molecule has 1 aliphatic carbocycles. The van der Waals surface area contributed by atoms with Crippen LogP contribution < -0.4 is 10.5 Å². The molecule has 17 heavy (non-hydrogen) atoms. The van der Waals surface area contributed by atoms with E-state index in [1.165, 1.54) is 32.0 Å². The van der Waals surface area contributed by atoms with Gasteiger partial charge in [-0.25, -0.2) is 4.39 Å². The van der Waals surface area contributed by atoms with Crippen LogP contribution >= 0.6 is 0 Å². The highest BCUT2D eigenvalue weighted by atomic mass is 19.1. The number of halogens is 1. The Balaban J connectivity index is 2.07. The second kappa shape index (κ2) is 4.69. The Morgan fingerprint density at radius 1 is 1.71 bits per heavy atom. The van der Waals surface area contributed by atoms with Crippen molar-refractivity contribution < 1.29 is 13.9 Å². The van der Waals surface area contributed by atoms with Gasteiger partial charge in [0.1, 0.15) is 11.6 Å². The molecule has 0 aliphatic heterocycles. The first-order chi connectivity index (χ1) is 8.08. The van der Waals surface area contributed by atoms with Gasteiger partial charge in [0.05, 0.1) is 24.4 Å². The first-order valence-electron chi connectivity index (χ1n) is 5.65. The maximum atomic E-state index is 13.7. The zero-order valence-corrected chi connectivity index (χ0v) is 9.65. The van der Waals surface area contributed by atoms with Crippen molar-refractivity contribution in [3.8, 4) is 5.75 Å². The summed E-state index contributed by atoms with van der Waals surface area (Å²) >= 11 is 0. The lowest BCUT2D eigenvalue weighted by molar-refractivity contribution is -0.119. The van der Waals surface area contributed by atoms with Gasteiger partial charge in [-0.15, -0.1) is 0 Å². The number of carbonyl (C=O) groups is 1. The third kappa shape index (κ3) is 2.93. The molecule has 1 fully saturated rings. The molecule has 1 aliphatic rings. The molecular formula is C12H15FN2O2. The summed E-state index contributed by atoms with van der Waals surface area (Å²) in [5, 5.41) is 0. The quantitative estimate of drug-likeness (QED) is 0.847. The molecule has 1 saturated carbocycles. The van der Waals surface area contributed by atoms with Gasteiger partial charge in [0.15, 0.2) is 0 Å². The molecule has 2 rings (SSSR count). The summed E-state index contributed by atoms with van der Waals surface area (Å²) in [6.07, 6.45) is 3.78. The van der Waals surface area contributed by atoms with E-state index in [4.69, 9.17) is 10.5 Å². The number of nitrogens with zero attached hydrogens (tertiary/aromatic N) is 1. The van der Waals surface area contributed by atoms with Crippen LogP contribution in [0.5, 0.6) is 5.75 Å². The van der Waals surface area contributed by atoms with Crippen LogP contribution in [0.3, 0.4) is 0 Å². The number of primary amides is 1. The molecule has 2 N–H and O–H groups in total. The molecular weight excluding hydrogens is 223 g/mol. The van der Waals surface area contributed by atoms with E-state index >= 15 is 0 Å². The molecule has 0 radical (unpaired) electrons. The fraction of sp³-hybridized carbons (Fsp3) is 0.500. The molecule has 1 aromatic heterocycles. The van der Waals surface area contributed by atoms with Crippen molar-refractivity contribution in [2.45, 2.75) is 25.7 Å². The SMILES string of the molecule is CC(C(N)=O)c1ncc(OCC2CC2)cc1F. The molecule has 1 heterocycles. The molecule has 4 nitrogen and oxygen atoms in total. The first-order valence-corrected chi connectivity index (χ1v) is 5.65. The van der Waals surface area contributed by atoms with Gasteiger partial charge >= 0.3 is 0 Å². The van der Waals surface area contributed by atoms with Crippen LogP contribution in [0.25, 0.3) is 0 Å². The van der Waals surface area contributed by atoms with Crippen molar-refractivity contribution in [1.82, 2.24) is 4.98 Å². The summed E-state index contributed by atoms with van der Waals surface area (Å²) in [7, 11) is 0. The Kier molecular flexibility index (Phi) is 3.26. The lowest BCUT2D eigenvalue weighted by Gasteiger charge is -2.10. The summed E-state index contributed by atoms with van der Waals surface area (Å²) in [6, 6.07) is 1.25. The maximum absolute atomic E-state index is 13.7. The van der Waals surface area contributed by atoms with E-state index in [-0.39, 0.29) is 5.69 Å². The van der Waals surface area contributed by atoms with E-state index in [9.17, 15) is 9.18 Å². The third-order valence-electron chi connectivity index (χ3n) is 2.86. The Morgan fingerprint density at radius 3 is 2.94 bits per heavy atom. The number of hydrogen-bond donors (Lipinski definition) is 1. The highest BCUT2D eigenvalue weighted by Gasteiger charge is 2.23. The first kappa shape index (κ1) is 11.8. The molecule has 1 atom stereocenters. The number of nitrogens with two attached hydrogens (primary N) is 1. The van der Waals surface area contributed by atoms with Gasteiger partial charge in [-0.3, -0.25) is 9.78 Å². The standard InChI is InChI=1S/C12H15FN2O2/c1-7(12(14)16)11-10(13)4-9(5-15-11)17-6-8-2-3-8/h4-5,7-8H,2-3,6H2,1H3,(H2,14,16). The van der Waals surface area contributed by atoms with Gasteiger partial charge in [-0.2, -0.15) is 0 Å². The summed E-state index contributed by atoms with van der Waals surface area (Å²) in [4.78, 5) is 14.8. The zero-order valence-electron chi connectivity index (χ0n) is 9.65. The topological polar surface area (TPSA) is 65.2 Å². The largest absolute Gasteiger partial charge is 0.492 e. The van der Waals surface area contributed by atoms with Crippen molar-refractivity contribution in [1.29, 1.82) is 0 Å². The number of hydrogen-bond acceptors (Lipinski definition) is 3. The molecule has 1 amide bonds. The molecule has 5 heteroatoms. The molecule has 0 bridgehead atoms. The van der Waals surface area contributed by atoms with E-state index in [0.29, 0.717) is 18.3 Å². The van der Waals surface area contributed by atoms with E-state index in [2.05, 4.69) is 4.98 Å². The molecule has 92 valence electrons. The smallest absolute Gasteiger partial charge is 0.226 e. The van der Waals surface area contributed by atoms with Crippen LogP contribution in [-0.4, -0.2) is 17.5 Å². The monoisotopic (exact) mass is 238 g/mol. The van der Waals surface area contributed by atoms with Crippen molar-refractivity contribution in [3.63, 3.8) is 0 Å². The molecule has 1 aromatic rings. The van der Waals surface area contributed by atoms with Gasteiger partial charge in [0.25, 0.3) is 0 Å². The van der Waals surface area contributed by atoms with Crippen LogP contribution in [-0.2, 0) is 4.79 Å². The Labute approximate surface area is 99.0 Å². The minimum Gasteiger partial charge on any atom is -0.492 e. The van der Waals surface area contributed by atoms with Crippen LogP contribution in [0, 0.1) is 11.7 Å². The summed E-state index contributed by atoms with van der Waals surface area (Å²) in [5.74, 6) is -0.878. The number of ether oxygens (including phenoxy) is 1. The van der Waals surface area contributed by atoms with E-state index in [0.717, 1.165) is 0 Å². The predicted octanol–water partition coefficient (Wildman–Crippen LogP) is 1.60. The van der Waals surface area contributed by atoms with Crippen molar-refractivity contribution in [2.24, 2.45) is 11.7 Å². The summed E-state index contributed by atoms with van der Waals surface area (Å²) < 4.78 is 19.0. The number of aromatic nitrogens is 1. The Morgan fingerprint density at radius 2 is 2.41 bits per heavy atom. The highest BCUT2D eigenvalue weighted by molar-refractivity contribution is 5.80. The van der Waals surface area contributed by atoms with Crippen molar-refractivity contribution in [3.05, 3.63) is 23.8 Å². The van der Waals surface area contributed by atoms with Crippen molar-refractivity contribution >= 4 is 5.91 Å². The van der Waals surface area contributed by atoms with Crippen LogP contribution in [0.4, 0.5) is 4.39 Å². The van der Waals surface area contributed by atoms with Gasteiger partial charge in [-0.05, 0) is 25.7 Å². The lowest BCUT2D eigenvalue weighted by atomic mass is 10.1. The summed E-state index contributed by atoms with van der Waals surface area (Å²) in [5.41, 5.74) is 5.17. The van der Waals surface area contributed by atoms with Gasteiger partial charge in [0.2, 0.25) is 5.91 Å². The molecule has 1 unspecified atom stereocenters. The third-order valence-corrected chi connectivity index (χ3v) is 2.86. The van der Waals surface area contributed by atoms with Gasteiger partial charge in [-0.1, -0.05) is 0 Å². The number of carbonyl (C=O) groups excluding carboxylic acids is 1. The minimum atomic E-state index is -0.729. The predicted molar refractivity (Wildman–Crippen MR) is 60.0 cm³/mol. The second-order valence-electron chi connectivity index (χ2n) is 4.42. The Hall–Kier alpha value is -1.65. The van der Waals surface area contributed by atoms with Crippen molar-refractivity contribution in [2.75, 3.05) is 6.61 Å². The normalized spacial score (nSPS) is 16.6. The fourth-order valence-corrected chi connectivity index (χ4v) is 1.46. The van der Waals surface area contributed by atoms with E-state index in [1.54, 1.807) is 0 Å². The minimum absolute atomic E-state index is 0.0660. The maximum Gasteiger partial charge on any atom is 0.226 e. The lowest BCUT2D eigenvalue weighted by Crippen LogP contribution is -2.20. The van der Waals surface area contributed by atoms with Gasteiger partial charge in [0, 0.05) is 6.07 Å². The van der Waals surface area contributed by atoms with E-state index < -0.39 is 17.6 Å². The van der Waals surface area contributed by atoms with Gasteiger partial charge < -0.3 is 10.5 Å². The molecule has 0 saturated heterocycles. The van der Waals surface area contributed by atoms with Crippen LogP contribution in [0.15, 0.2) is 12.3 Å². The zero-order chi connectivity index (χ0) is 12.4. The molecule has 0 spiro atoms. The number of amides is 1. The number of rotatable bonds is 5. The average molecular weight is 238 g/mol. The number of pyridine rings is 1. The summed E-state index contributed by atoms with van der Waals surface area (Å²) in [6.45, 7) is 2.13. The fourth-order valence-electron chi connectivity index (χ4n) is 1.46. The van der Waals surface area contributed by atoms with Crippen LogP contribution in [0.1, 0.15) is 31.4 Å². The van der Waals surface area contributed by atoms with E-state index in [1.807, 2.05) is 0 Å². The molecule has 0 aromatic carbocycles. The Bertz CT molecular complexity index is 433. The highest BCUT2D eigenvalue weighted by Crippen LogP contribution is 2.29. The second-order valence-corrected chi connectivity index (χ2v) is 4.42. The average Bonchev–Trinajstić information content (AvgIpc) is 3.09. The van der Waals surface area contributed by atoms with Crippen LogP contribution in [0.2, 0.25) is 0 Å².